The summed E-state index contributed by atoms with van der Waals surface area (Å²) in [6.07, 6.45) is 5.69. The zero-order valence-electron chi connectivity index (χ0n) is 8.80. The molecule has 0 aliphatic carbocycles. The Kier molecular flexibility index (Phi) is 2.94. The van der Waals surface area contributed by atoms with Crippen molar-refractivity contribution in [2.45, 2.75) is 6.54 Å². The molecule has 0 unspecified atom stereocenters. The van der Waals surface area contributed by atoms with Gasteiger partial charge >= 0.3 is 0 Å². The Morgan fingerprint density at radius 2 is 2.40 bits per heavy atom. The Labute approximate surface area is 88.5 Å². The highest BCUT2D eigenvalue weighted by Gasteiger charge is 2.04. The van der Waals surface area contributed by atoms with E-state index < -0.39 is 0 Å². The highest BCUT2D eigenvalue weighted by Crippen LogP contribution is 2.03. The van der Waals surface area contributed by atoms with Gasteiger partial charge in [-0.1, -0.05) is 0 Å². The zero-order chi connectivity index (χ0) is 10.7. The fourth-order valence-corrected chi connectivity index (χ4v) is 1.53. The van der Waals surface area contributed by atoms with E-state index in [9.17, 15) is 0 Å². The van der Waals surface area contributed by atoms with Gasteiger partial charge in [0.1, 0.15) is 0 Å². The second-order valence-electron chi connectivity index (χ2n) is 3.59. The molecule has 0 aliphatic rings. The molecule has 0 saturated heterocycles. The lowest BCUT2D eigenvalue weighted by Crippen LogP contribution is -2.25. The first-order chi connectivity index (χ1) is 7.29. The second kappa shape index (κ2) is 4.37. The second-order valence-corrected chi connectivity index (χ2v) is 3.59. The molecule has 15 heavy (non-hydrogen) atoms. The fraction of sp³-hybridized carbons (Fsp3) is 0.400. The van der Waals surface area contributed by atoms with Crippen LogP contribution in [-0.4, -0.2) is 39.4 Å². The van der Waals surface area contributed by atoms with Crippen molar-refractivity contribution in [2.24, 2.45) is 5.73 Å². The lowest BCUT2D eigenvalue weighted by Gasteiger charge is -2.12. The number of imidazole rings is 1. The van der Waals surface area contributed by atoms with Crippen LogP contribution in [-0.2, 0) is 6.54 Å². The van der Waals surface area contributed by atoms with Gasteiger partial charge < -0.3 is 5.73 Å². The molecule has 0 saturated carbocycles. The normalized spacial score (nSPS) is 11.4. The number of aromatic nitrogens is 3. The number of fused-ring (bicyclic) bond motifs is 1. The molecule has 0 aliphatic heterocycles. The lowest BCUT2D eigenvalue weighted by atomic mass is 10.4. The minimum absolute atomic E-state index is 0.669. The summed E-state index contributed by atoms with van der Waals surface area (Å²) < 4.78 is 1.92. The van der Waals surface area contributed by atoms with Crippen LogP contribution in [0.5, 0.6) is 0 Å². The van der Waals surface area contributed by atoms with Crippen molar-refractivity contribution in [3.8, 4) is 0 Å². The fourth-order valence-electron chi connectivity index (χ4n) is 1.53. The highest BCUT2D eigenvalue weighted by molar-refractivity contribution is 5.29. The molecule has 0 fully saturated rings. The first kappa shape index (κ1) is 10.1. The summed E-state index contributed by atoms with van der Waals surface area (Å²) in [6.45, 7) is 2.35. The lowest BCUT2D eigenvalue weighted by molar-refractivity contribution is 0.333. The first-order valence-corrected chi connectivity index (χ1v) is 4.97. The van der Waals surface area contributed by atoms with E-state index in [1.165, 1.54) is 0 Å². The third kappa shape index (κ3) is 2.31. The van der Waals surface area contributed by atoms with Crippen LogP contribution in [0.2, 0.25) is 0 Å². The zero-order valence-corrected chi connectivity index (χ0v) is 8.80. The van der Waals surface area contributed by atoms with Crippen molar-refractivity contribution in [1.82, 2.24) is 19.3 Å². The van der Waals surface area contributed by atoms with Gasteiger partial charge in [-0.05, 0) is 13.1 Å². The van der Waals surface area contributed by atoms with Crippen LogP contribution in [0, 0.1) is 0 Å². The van der Waals surface area contributed by atoms with Crippen LogP contribution >= 0.6 is 0 Å². The Bertz CT molecular complexity index is 403. The average Bonchev–Trinajstić information content (AvgIpc) is 2.59. The molecular formula is C10H15N5. The summed E-state index contributed by atoms with van der Waals surface area (Å²) in [5, 5.41) is 0. The largest absolute Gasteiger partial charge is 0.329 e. The summed E-state index contributed by atoms with van der Waals surface area (Å²) in [5.41, 5.74) is 6.50. The van der Waals surface area contributed by atoms with Crippen LogP contribution in [0.4, 0.5) is 0 Å². The Morgan fingerprint density at radius 3 is 3.13 bits per heavy atom. The van der Waals surface area contributed by atoms with Crippen LogP contribution in [0.25, 0.3) is 5.78 Å². The molecule has 0 amide bonds. The van der Waals surface area contributed by atoms with Crippen LogP contribution in [0.3, 0.4) is 0 Å². The molecular weight excluding hydrogens is 190 g/mol. The van der Waals surface area contributed by atoms with Crippen molar-refractivity contribution < 1.29 is 0 Å². The van der Waals surface area contributed by atoms with E-state index >= 15 is 0 Å². The minimum atomic E-state index is 0.669. The maximum absolute atomic E-state index is 5.48. The van der Waals surface area contributed by atoms with Crippen LogP contribution in [0.1, 0.15) is 5.69 Å². The number of hydrogen-bond acceptors (Lipinski definition) is 4. The molecule has 2 aromatic rings. The predicted octanol–water partition coefficient (Wildman–Crippen LogP) is 0.120. The molecule has 2 rings (SSSR count). The molecule has 0 bridgehead atoms. The third-order valence-electron chi connectivity index (χ3n) is 2.23. The van der Waals surface area contributed by atoms with Gasteiger partial charge in [-0.2, -0.15) is 0 Å². The van der Waals surface area contributed by atoms with Crippen molar-refractivity contribution in [3.63, 3.8) is 0 Å². The van der Waals surface area contributed by atoms with Gasteiger partial charge in [0.05, 0.1) is 5.69 Å². The van der Waals surface area contributed by atoms with Crippen molar-refractivity contribution >= 4 is 5.78 Å². The third-order valence-corrected chi connectivity index (χ3v) is 2.23. The van der Waals surface area contributed by atoms with E-state index in [2.05, 4.69) is 14.9 Å². The topological polar surface area (TPSA) is 59.5 Å². The standard InChI is InChI=1S/C10H15N5/c1-14(6-3-11)7-9-8-15-5-2-4-12-10(15)13-9/h2,4-5,8H,3,6-7,11H2,1H3. The van der Waals surface area contributed by atoms with Crippen molar-refractivity contribution in [2.75, 3.05) is 20.1 Å². The van der Waals surface area contributed by atoms with Crippen LogP contribution < -0.4 is 5.73 Å². The first-order valence-electron chi connectivity index (χ1n) is 4.97. The Hall–Kier alpha value is -1.46. The highest BCUT2D eigenvalue weighted by atomic mass is 15.1. The predicted molar refractivity (Wildman–Crippen MR) is 58.4 cm³/mol. The molecule has 80 valence electrons. The van der Waals surface area contributed by atoms with Crippen molar-refractivity contribution in [1.29, 1.82) is 0 Å². The summed E-state index contributed by atoms with van der Waals surface area (Å²) in [7, 11) is 2.03. The molecule has 5 nitrogen and oxygen atoms in total. The number of rotatable bonds is 4. The number of hydrogen-bond donors (Lipinski definition) is 1. The van der Waals surface area contributed by atoms with E-state index in [4.69, 9.17) is 5.73 Å². The molecule has 2 heterocycles. The van der Waals surface area contributed by atoms with E-state index in [0.717, 1.165) is 24.6 Å². The van der Waals surface area contributed by atoms with Gasteiger partial charge in [0.25, 0.3) is 0 Å². The number of nitrogens with zero attached hydrogens (tertiary/aromatic N) is 4. The van der Waals surface area contributed by atoms with Crippen LogP contribution in [0.15, 0.2) is 24.7 Å². The SMILES string of the molecule is CN(CCN)Cc1cn2cccnc2n1. The summed E-state index contributed by atoms with van der Waals surface area (Å²) in [6, 6.07) is 1.89. The molecule has 2 N–H and O–H groups in total. The van der Waals surface area contributed by atoms with E-state index in [0.29, 0.717) is 6.54 Å². The minimum Gasteiger partial charge on any atom is -0.329 e. The van der Waals surface area contributed by atoms with E-state index in [1.807, 2.05) is 29.9 Å². The number of nitrogens with two attached hydrogens (primary N) is 1. The molecule has 0 radical (unpaired) electrons. The monoisotopic (exact) mass is 205 g/mol. The van der Waals surface area contributed by atoms with Crippen molar-refractivity contribution in [3.05, 3.63) is 30.4 Å². The van der Waals surface area contributed by atoms with Gasteiger partial charge in [-0.15, -0.1) is 0 Å². The maximum Gasteiger partial charge on any atom is 0.233 e. The maximum atomic E-state index is 5.48. The smallest absolute Gasteiger partial charge is 0.233 e. The van der Waals surface area contributed by atoms with E-state index in [1.54, 1.807) is 6.20 Å². The Morgan fingerprint density at radius 1 is 1.53 bits per heavy atom. The van der Waals surface area contributed by atoms with Gasteiger partial charge in [0.2, 0.25) is 5.78 Å². The van der Waals surface area contributed by atoms with E-state index in [-0.39, 0.29) is 0 Å². The average molecular weight is 205 g/mol. The molecule has 0 spiro atoms. The molecule has 2 aromatic heterocycles. The quantitative estimate of drug-likeness (QED) is 0.770. The summed E-state index contributed by atoms with van der Waals surface area (Å²) in [5.74, 6) is 0.744. The van der Waals surface area contributed by atoms with Gasteiger partial charge in [-0.3, -0.25) is 9.30 Å². The molecule has 0 aromatic carbocycles. The molecule has 5 heteroatoms. The summed E-state index contributed by atoms with van der Waals surface area (Å²) >= 11 is 0. The van der Waals surface area contributed by atoms with Gasteiger partial charge in [0.15, 0.2) is 0 Å². The molecule has 0 atom stereocenters. The van der Waals surface area contributed by atoms with Gasteiger partial charge in [-0.25, -0.2) is 9.97 Å². The Balaban J connectivity index is 2.15. The number of likely N-dealkylation sites (N-methyl/N-ethyl adjacent to an activating group) is 1. The van der Waals surface area contributed by atoms with Gasteiger partial charge in [0, 0.05) is 38.2 Å². The summed E-state index contributed by atoms with van der Waals surface area (Å²) in [4.78, 5) is 10.7.